The highest BCUT2D eigenvalue weighted by molar-refractivity contribution is 5.71. The van der Waals surface area contributed by atoms with Gasteiger partial charge in [0.25, 0.3) is 0 Å². The van der Waals surface area contributed by atoms with Gasteiger partial charge >= 0.3 is 0 Å². The Morgan fingerprint density at radius 2 is 2.00 bits per heavy atom. The minimum atomic E-state index is 0.865. The lowest BCUT2D eigenvalue weighted by Gasteiger charge is -2.26. The minimum absolute atomic E-state index is 0.865. The normalized spacial score (nSPS) is 16.6. The maximum atomic E-state index is 6.05. The highest BCUT2D eigenvalue weighted by Crippen LogP contribution is 2.30. The van der Waals surface area contributed by atoms with Gasteiger partial charge in [-0.1, -0.05) is 25.0 Å². The smallest absolute Gasteiger partial charge is 0.0627 e. The summed E-state index contributed by atoms with van der Waals surface area (Å²) >= 11 is 0. The molecule has 1 fully saturated rings. The summed E-state index contributed by atoms with van der Waals surface area (Å²) in [7, 11) is 2.16. The third-order valence-electron chi connectivity index (χ3n) is 3.66. The topological polar surface area (TPSA) is 29.3 Å². The summed E-state index contributed by atoms with van der Waals surface area (Å²) in [6.45, 7) is 3.28. The summed E-state index contributed by atoms with van der Waals surface area (Å²) in [5, 5.41) is 0. The molecule has 2 heteroatoms. The van der Waals surface area contributed by atoms with Crippen LogP contribution in [0.25, 0.3) is 0 Å². The molecule has 0 amide bonds. The predicted octanol–water partition coefficient (Wildman–Crippen LogP) is 3.20. The molecule has 1 aromatic carbocycles. The van der Waals surface area contributed by atoms with Crippen molar-refractivity contribution in [2.45, 2.75) is 32.6 Å². The zero-order chi connectivity index (χ0) is 11.5. The molecule has 2 nitrogen and oxygen atoms in total. The largest absolute Gasteiger partial charge is 0.397 e. The van der Waals surface area contributed by atoms with Gasteiger partial charge in [-0.3, -0.25) is 0 Å². The molecule has 0 radical (unpaired) electrons. The van der Waals surface area contributed by atoms with E-state index in [1.165, 1.54) is 36.9 Å². The Morgan fingerprint density at radius 1 is 1.31 bits per heavy atom. The van der Waals surface area contributed by atoms with Crippen molar-refractivity contribution in [2.24, 2.45) is 5.92 Å². The standard InChI is InChI=1S/C14H22N2/c1-11-6-5-9-13(15)14(11)16(2)10-12-7-3-4-8-12/h5-6,9,12H,3-4,7-8,10,15H2,1-2H3. The van der Waals surface area contributed by atoms with Crippen LogP contribution in [-0.2, 0) is 0 Å². The lowest BCUT2D eigenvalue weighted by atomic mass is 10.1. The van der Waals surface area contributed by atoms with Crippen molar-refractivity contribution in [2.75, 3.05) is 24.2 Å². The Morgan fingerprint density at radius 3 is 2.62 bits per heavy atom. The summed E-state index contributed by atoms with van der Waals surface area (Å²) < 4.78 is 0. The number of nitrogen functional groups attached to an aromatic ring is 1. The third-order valence-corrected chi connectivity index (χ3v) is 3.66. The number of rotatable bonds is 3. The molecule has 0 aromatic heterocycles. The molecule has 0 bridgehead atoms. The Bertz CT molecular complexity index is 334. The summed E-state index contributed by atoms with van der Waals surface area (Å²) in [6.07, 6.45) is 5.58. The van der Waals surface area contributed by atoms with Gasteiger partial charge in [-0.05, 0) is 37.3 Å². The second-order valence-corrected chi connectivity index (χ2v) is 5.04. The summed E-state index contributed by atoms with van der Waals surface area (Å²) in [6, 6.07) is 6.15. The van der Waals surface area contributed by atoms with Gasteiger partial charge in [0.05, 0.1) is 11.4 Å². The van der Waals surface area contributed by atoms with Crippen LogP contribution in [0.5, 0.6) is 0 Å². The van der Waals surface area contributed by atoms with E-state index in [1.807, 2.05) is 12.1 Å². The first-order chi connectivity index (χ1) is 7.68. The Balaban J connectivity index is 2.10. The molecule has 0 saturated heterocycles. The fraction of sp³-hybridized carbons (Fsp3) is 0.571. The highest BCUT2D eigenvalue weighted by atomic mass is 15.1. The van der Waals surface area contributed by atoms with Crippen molar-refractivity contribution in [3.8, 4) is 0 Å². The molecule has 2 rings (SSSR count). The Kier molecular flexibility index (Phi) is 3.37. The molecule has 0 atom stereocenters. The third kappa shape index (κ3) is 2.31. The van der Waals surface area contributed by atoms with E-state index in [0.29, 0.717) is 0 Å². The average Bonchev–Trinajstić information content (AvgIpc) is 2.70. The van der Waals surface area contributed by atoms with Crippen molar-refractivity contribution >= 4 is 11.4 Å². The number of nitrogens with zero attached hydrogens (tertiary/aromatic N) is 1. The zero-order valence-electron chi connectivity index (χ0n) is 10.4. The molecular formula is C14H22N2. The molecule has 0 aliphatic heterocycles. The second-order valence-electron chi connectivity index (χ2n) is 5.04. The number of anilines is 2. The molecule has 1 aliphatic carbocycles. The van der Waals surface area contributed by atoms with E-state index >= 15 is 0 Å². The van der Waals surface area contributed by atoms with E-state index in [9.17, 15) is 0 Å². The fourth-order valence-electron chi connectivity index (χ4n) is 2.87. The van der Waals surface area contributed by atoms with Gasteiger partial charge < -0.3 is 10.6 Å². The molecule has 0 unspecified atom stereocenters. The van der Waals surface area contributed by atoms with E-state index < -0.39 is 0 Å². The fourth-order valence-corrected chi connectivity index (χ4v) is 2.87. The van der Waals surface area contributed by atoms with Crippen LogP contribution in [0.1, 0.15) is 31.2 Å². The van der Waals surface area contributed by atoms with Gasteiger partial charge in [-0.15, -0.1) is 0 Å². The van der Waals surface area contributed by atoms with Crippen LogP contribution in [0.15, 0.2) is 18.2 Å². The molecule has 1 aromatic rings. The van der Waals surface area contributed by atoms with Gasteiger partial charge in [0, 0.05) is 13.6 Å². The SMILES string of the molecule is Cc1cccc(N)c1N(C)CC1CCCC1. The molecule has 2 N–H and O–H groups in total. The van der Waals surface area contributed by atoms with Gasteiger partial charge in [0.15, 0.2) is 0 Å². The van der Waals surface area contributed by atoms with Crippen LogP contribution in [0.3, 0.4) is 0 Å². The molecular weight excluding hydrogens is 196 g/mol. The molecule has 0 spiro atoms. The first kappa shape index (κ1) is 11.3. The molecule has 1 saturated carbocycles. The minimum Gasteiger partial charge on any atom is -0.397 e. The number of para-hydroxylation sites is 1. The maximum Gasteiger partial charge on any atom is 0.0627 e. The predicted molar refractivity (Wildman–Crippen MR) is 70.8 cm³/mol. The lowest BCUT2D eigenvalue weighted by molar-refractivity contribution is 0.547. The maximum absolute atomic E-state index is 6.05. The number of benzene rings is 1. The lowest BCUT2D eigenvalue weighted by Crippen LogP contribution is -2.25. The van der Waals surface area contributed by atoms with Crippen molar-refractivity contribution < 1.29 is 0 Å². The average molecular weight is 218 g/mol. The zero-order valence-corrected chi connectivity index (χ0v) is 10.4. The number of nitrogens with two attached hydrogens (primary N) is 1. The van der Waals surface area contributed by atoms with Crippen LogP contribution < -0.4 is 10.6 Å². The van der Waals surface area contributed by atoms with Crippen LogP contribution in [-0.4, -0.2) is 13.6 Å². The van der Waals surface area contributed by atoms with Gasteiger partial charge in [0.2, 0.25) is 0 Å². The molecule has 16 heavy (non-hydrogen) atoms. The summed E-state index contributed by atoms with van der Waals surface area (Å²) in [5.74, 6) is 0.865. The van der Waals surface area contributed by atoms with E-state index in [0.717, 1.165) is 18.2 Å². The van der Waals surface area contributed by atoms with Crippen LogP contribution in [0.4, 0.5) is 11.4 Å². The summed E-state index contributed by atoms with van der Waals surface area (Å²) in [4.78, 5) is 2.33. The van der Waals surface area contributed by atoms with Gasteiger partial charge in [-0.2, -0.15) is 0 Å². The van der Waals surface area contributed by atoms with E-state index in [2.05, 4.69) is 24.9 Å². The van der Waals surface area contributed by atoms with Crippen LogP contribution in [0.2, 0.25) is 0 Å². The van der Waals surface area contributed by atoms with Crippen LogP contribution >= 0.6 is 0 Å². The Labute approximate surface area is 98.4 Å². The molecule has 1 aliphatic rings. The van der Waals surface area contributed by atoms with E-state index in [-0.39, 0.29) is 0 Å². The quantitative estimate of drug-likeness (QED) is 0.789. The Hall–Kier alpha value is -1.18. The van der Waals surface area contributed by atoms with E-state index in [4.69, 9.17) is 5.73 Å². The van der Waals surface area contributed by atoms with Crippen molar-refractivity contribution in [1.29, 1.82) is 0 Å². The van der Waals surface area contributed by atoms with Crippen molar-refractivity contribution in [3.63, 3.8) is 0 Å². The number of hydrogen-bond acceptors (Lipinski definition) is 2. The highest BCUT2D eigenvalue weighted by Gasteiger charge is 2.18. The van der Waals surface area contributed by atoms with Crippen molar-refractivity contribution in [1.82, 2.24) is 0 Å². The first-order valence-corrected chi connectivity index (χ1v) is 6.24. The van der Waals surface area contributed by atoms with Crippen molar-refractivity contribution in [3.05, 3.63) is 23.8 Å². The summed E-state index contributed by atoms with van der Waals surface area (Å²) in [5.41, 5.74) is 9.45. The second kappa shape index (κ2) is 4.77. The van der Waals surface area contributed by atoms with E-state index in [1.54, 1.807) is 0 Å². The van der Waals surface area contributed by atoms with Gasteiger partial charge in [0.1, 0.15) is 0 Å². The van der Waals surface area contributed by atoms with Gasteiger partial charge in [-0.25, -0.2) is 0 Å². The molecule has 88 valence electrons. The van der Waals surface area contributed by atoms with Crippen LogP contribution in [0, 0.1) is 12.8 Å². The number of aryl methyl sites for hydroxylation is 1. The first-order valence-electron chi connectivity index (χ1n) is 6.24. The monoisotopic (exact) mass is 218 g/mol. The number of hydrogen-bond donors (Lipinski definition) is 1. The molecule has 0 heterocycles.